The molecule has 5 heteroatoms. The van der Waals surface area contributed by atoms with E-state index >= 15 is 0 Å². The molecule has 0 aliphatic carbocycles. The van der Waals surface area contributed by atoms with Gasteiger partial charge in [-0.05, 0) is 23.3 Å². The van der Waals surface area contributed by atoms with Gasteiger partial charge in [-0.25, -0.2) is 0 Å². The highest BCUT2D eigenvalue weighted by Gasteiger charge is 2.24. The second-order valence-electron chi connectivity index (χ2n) is 4.55. The Bertz CT molecular complexity index is 651. The highest BCUT2D eigenvalue weighted by atomic mass is 16.6. The first-order valence-electron chi connectivity index (χ1n) is 6.26. The SMILES string of the molecule is O=[N+]([O-])c1ccc(C2CC(c3ccccc3)=NO2)cc1. The van der Waals surface area contributed by atoms with Gasteiger partial charge in [0, 0.05) is 18.6 Å². The summed E-state index contributed by atoms with van der Waals surface area (Å²) in [5.74, 6) is 0. The van der Waals surface area contributed by atoms with E-state index in [-0.39, 0.29) is 11.8 Å². The molecule has 1 aliphatic rings. The van der Waals surface area contributed by atoms with Crippen LogP contribution in [0.4, 0.5) is 5.69 Å². The Morgan fingerprint density at radius 3 is 2.45 bits per heavy atom. The average molecular weight is 268 g/mol. The Morgan fingerprint density at radius 2 is 1.80 bits per heavy atom. The van der Waals surface area contributed by atoms with Crippen molar-refractivity contribution in [3.63, 3.8) is 0 Å². The van der Waals surface area contributed by atoms with Crippen LogP contribution in [0.3, 0.4) is 0 Å². The maximum Gasteiger partial charge on any atom is 0.269 e. The standard InChI is InChI=1S/C15H12N2O3/c18-17(19)13-8-6-12(7-9-13)15-10-14(16-20-15)11-4-2-1-3-5-11/h1-9,15H,10H2. The number of benzene rings is 2. The lowest BCUT2D eigenvalue weighted by Gasteiger charge is -2.07. The Labute approximate surface area is 115 Å². The monoisotopic (exact) mass is 268 g/mol. The third kappa shape index (κ3) is 2.38. The number of hydrogen-bond acceptors (Lipinski definition) is 4. The van der Waals surface area contributed by atoms with Gasteiger partial charge in [-0.15, -0.1) is 0 Å². The first kappa shape index (κ1) is 12.3. The fourth-order valence-electron chi connectivity index (χ4n) is 2.17. The lowest BCUT2D eigenvalue weighted by molar-refractivity contribution is -0.384. The molecule has 2 aromatic rings. The van der Waals surface area contributed by atoms with Crippen molar-refractivity contribution in [2.75, 3.05) is 0 Å². The van der Waals surface area contributed by atoms with Crippen molar-refractivity contribution >= 4 is 11.4 Å². The minimum absolute atomic E-state index is 0.0796. The van der Waals surface area contributed by atoms with Gasteiger partial charge < -0.3 is 4.84 Å². The Balaban J connectivity index is 1.74. The normalized spacial score (nSPS) is 17.4. The van der Waals surface area contributed by atoms with E-state index in [0.717, 1.165) is 16.8 Å². The van der Waals surface area contributed by atoms with E-state index in [9.17, 15) is 10.1 Å². The number of nitrogens with zero attached hydrogens (tertiary/aromatic N) is 2. The van der Waals surface area contributed by atoms with Crippen molar-refractivity contribution in [3.05, 3.63) is 75.8 Å². The molecule has 20 heavy (non-hydrogen) atoms. The minimum Gasteiger partial charge on any atom is -0.387 e. The van der Waals surface area contributed by atoms with Crippen LogP contribution in [-0.2, 0) is 4.84 Å². The highest BCUT2D eigenvalue weighted by molar-refractivity contribution is 6.01. The zero-order valence-electron chi connectivity index (χ0n) is 10.6. The van der Waals surface area contributed by atoms with Gasteiger partial charge in [-0.2, -0.15) is 0 Å². The fraction of sp³-hybridized carbons (Fsp3) is 0.133. The van der Waals surface area contributed by atoms with Crippen LogP contribution < -0.4 is 0 Å². The third-order valence-electron chi connectivity index (χ3n) is 3.25. The van der Waals surface area contributed by atoms with Gasteiger partial charge in [-0.3, -0.25) is 10.1 Å². The highest BCUT2D eigenvalue weighted by Crippen LogP contribution is 2.30. The first-order valence-corrected chi connectivity index (χ1v) is 6.26. The number of hydrogen-bond donors (Lipinski definition) is 0. The molecule has 0 fully saturated rings. The summed E-state index contributed by atoms with van der Waals surface area (Å²) in [6.45, 7) is 0. The van der Waals surface area contributed by atoms with Crippen LogP contribution in [0.2, 0.25) is 0 Å². The van der Waals surface area contributed by atoms with E-state index in [4.69, 9.17) is 4.84 Å². The summed E-state index contributed by atoms with van der Waals surface area (Å²) >= 11 is 0. The van der Waals surface area contributed by atoms with Gasteiger partial charge >= 0.3 is 0 Å². The summed E-state index contributed by atoms with van der Waals surface area (Å²) in [6.07, 6.45) is 0.493. The molecule has 0 saturated heterocycles. The molecule has 1 heterocycles. The van der Waals surface area contributed by atoms with Crippen molar-refractivity contribution in [2.24, 2.45) is 5.16 Å². The molecule has 0 spiro atoms. The van der Waals surface area contributed by atoms with Crippen LogP contribution in [0.15, 0.2) is 59.8 Å². The van der Waals surface area contributed by atoms with Crippen LogP contribution in [0.1, 0.15) is 23.7 Å². The molecule has 1 aliphatic heterocycles. The fourth-order valence-corrected chi connectivity index (χ4v) is 2.17. The molecule has 1 unspecified atom stereocenters. The van der Waals surface area contributed by atoms with Crippen LogP contribution >= 0.6 is 0 Å². The van der Waals surface area contributed by atoms with Crippen LogP contribution in [0.5, 0.6) is 0 Å². The predicted molar refractivity (Wildman–Crippen MR) is 74.5 cm³/mol. The smallest absolute Gasteiger partial charge is 0.269 e. The van der Waals surface area contributed by atoms with Gasteiger partial charge in [0.2, 0.25) is 0 Å². The van der Waals surface area contributed by atoms with Crippen molar-refractivity contribution in [1.29, 1.82) is 0 Å². The van der Waals surface area contributed by atoms with Gasteiger partial charge in [0.25, 0.3) is 5.69 Å². The van der Waals surface area contributed by atoms with Gasteiger partial charge in [0.15, 0.2) is 6.10 Å². The van der Waals surface area contributed by atoms with E-state index in [1.165, 1.54) is 12.1 Å². The quantitative estimate of drug-likeness (QED) is 0.632. The lowest BCUT2D eigenvalue weighted by Crippen LogP contribution is -2.01. The van der Waals surface area contributed by atoms with Crippen molar-refractivity contribution in [1.82, 2.24) is 0 Å². The summed E-state index contributed by atoms with van der Waals surface area (Å²) in [6, 6.07) is 16.2. The number of oxime groups is 1. The minimum atomic E-state index is -0.412. The summed E-state index contributed by atoms with van der Waals surface area (Å²) in [5, 5.41) is 14.7. The van der Waals surface area contributed by atoms with E-state index in [1.807, 2.05) is 30.3 Å². The molecular weight excluding hydrogens is 256 g/mol. The summed E-state index contributed by atoms with van der Waals surface area (Å²) in [4.78, 5) is 15.6. The second-order valence-corrected chi connectivity index (χ2v) is 4.55. The molecule has 0 saturated carbocycles. The van der Waals surface area contributed by atoms with E-state index in [1.54, 1.807) is 12.1 Å². The van der Waals surface area contributed by atoms with Crippen molar-refractivity contribution in [2.45, 2.75) is 12.5 Å². The Hall–Kier alpha value is -2.69. The summed E-state index contributed by atoms with van der Waals surface area (Å²) < 4.78 is 0. The number of non-ortho nitro benzene ring substituents is 1. The largest absolute Gasteiger partial charge is 0.387 e. The number of rotatable bonds is 3. The molecule has 1 atom stereocenters. The predicted octanol–water partition coefficient (Wildman–Crippen LogP) is 3.46. The molecule has 0 bridgehead atoms. The second kappa shape index (κ2) is 5.13. The summed E-state index contributed by atoms with van der Waals surface area (Å²) in [5.41, 5.74) is 2.91. The molecule has 5 nitrogen and oxygen atoms in total. The molecule has 3 rings (SSSR count). The van der Waals surface area contributed by atoms with Gasteiger partial charge in [-0.1, -0.05) is 35.5 Å². The zero-order valence-corrected chi connectivity index (χ0v) is 10.6. The Kier molecular flexibility index (Phi) is 3.16. The van der Waals surface area contributed by atoms with Crippen molar-refractivity contribution in [3.8, 4) is 0 Å². The topological polar surface area (TPSA) is 64.7 Å². The van der Waals surface area contributed by atoms with Crippen LogP contribution in [0.25, 0.3) is 0 Å². The van der Waals surface area contributed by atoms with E-state index in [0.29, 0.717) is 6.42 Å². The molecule has 100 valence electrons. The molecular formula is C15H12N2O3. The van der Waals surface area contributed by atoms with Crippen LogP contribution in [-0.4, -0.2) is 10.6 Å². The first-order chi connectivity index (χ1) is 9.74. The van der Waals surface area contributed by atoms with Gasteiger partial charge in [0.05, 0.1) is 10.6 Å². The summed E-state index contributed by atoms with van der Waals surface area (Å²) in [7, 11) is 0. The van der Waals surface area contributed by atoms with E-state index < -0.39 is 4.92 Å². The number of nitro benzene ring substituents is 1. The third-order valence-corrected chi connectivity index (χ3v) is 3.25. The molecule has 0 N–H and O–H groups in total. The lowest BCUT2D eigenvalue weighted by atomic mass is 10.0. The van der Waals surface area contributed by atoms with Crippen LogP contribution in [0, 0.1) is 10.1 Å². The van der Waals surface area contributed by atoms with E-state index in [2.05, 4.69) is 5.16 Å². The number of nitro groups is 1. The molecule has 0 aromatic heterocycles. The van der Waals surface area contributed by atoms with Gasteiger partial charge in [0.1, 0.15) is 0 Å². The Morgan fingerprint density at radius 1 is 1.10 bits per heavy atom. The average Bonchev–Trinajstić information content (AvgIpc) is 2.98. The molecule has 2 aromatic carbocycles. The molecule has 0 amide bonds. The zero-order chi connectivity index (χ0) is 13.9. The molecule has 0 radical (unpaired) electrons. The van der Waals surface area contributed by atoms with Crippen molar-refractivity contribution < 1.29 is 9.76 Å². The maximum atomic E-state index is 10.6. The maximum absolute atomic E-state index is 10.6.